The Kier molecular flexibility index (Phi) is 1.84. The van der Waals surface area contributed by atoms with Gasteiger partial charge in [-0.15, -0.1) is 0 Å². The van der Waals surface area contributed by atoms with Gasteiger partial charge >= 0.3 is 0 Å². The van der Waals surface area contributed by atoms with E-state index in [0.717, 1.165) is 11.7 Å². The Bertz CT molecular complexity index is 101. The van der Waals surface area contributed by atoms with Crippen LogP contribution in [0.3, 0.4) is 0 Å². The van der Waals surface area contributed by atoms with Crippen molar-refractivity contribution >= 4 is 17.3 Å². The summed E-state index contributed by atoms with van der Waals surface area (Å²) in [5.41, 5.74) is 0. The molecule has 0 aromatic heterocycles. The molecule has 0 saturated carbocycles. The van der Waals surface area contributed by atoms with Crippen molar-refractivity contribution in [2.24, 2.45) is 5.92 Å². The van der Waals surface area contributed by atoms with Crippen LogP contribution in [-0.2, 0) is 4.74 Å². The van der Waals surface area contributed by atoms with Crippen LogP contribution in [0.4, 0.5) is 0 Å². The Morgan fingerprint density at radius 2 is 2.50 bits per heavy atom. The van der Waals surface area contributed by atoms with Gasteiger partial charge in [0.25, 0.3) is 0 Å². The van der Waals surface area contributed by atoms with Crippen molar-refractivity contribution in [3.05, 3.63) is 0 Å². The Morgan fingerprint density at radius 3 is 2.88 bits per heavy atom. The van der Waals surface area contributed by atoms with Gasteiger partial charge in [-0.2, -0.15) is 0 Å². The van der Waals surface area contributed by atoms with Crippen LogP contribution in [0, 0.1) is 5.92 Å². The molecule has 0 aliphatic carbocycles. The number of rotatable bonds is 0. The first kappa shape index (κ1) is 6.02. The van der Waals surface area contributed by atoms with Gasteiger partial charge < -0.3 is 4.74 Å². The number of thiocarbonyl (C=S) groups is 1. The molecule has 1 aliphatic heterocycles. The molecule has 1 heterocycles. The largest absolute Gasteiger partial charge is 0.487 e. The minimum absolute atomic E-state index is 0.513. The van der Waals surface area contributed by atoms with Crippen LogP contribution in [0.5, 0.6) is 0 Å². The van der Waals surface area contributed by atoms with Crippen LogP contribution >= 0.6 is 12.2 Å². The lowest BCUT2D eigenvalue weighted by atomic mass is 10.1. The van der Waals surface area contributed by atoms with E-state index >= 15 is 0 Å². The standard InChI is InChI=1S/C6H10OS/c1-5-3-2-4-7-6(5)8/h5H,2-4H2,1H3. The molecule has 0 aromatic carbocycles. The molecule has 1 aliphatic rings. The molecule has 2 heteroatoms. The molecule has 1 fully saturated rings. The summed E-state index contributed by atoms with van der Waals surface area (Å²) in [6, 6.07) is 0. The molecule has 0 spiro atoms. The monoisotopic (exact) mass is 130 g/mol. The molecule has 46 valence electrons. The first-order chi connectivity index (χ1) is 3.80. The molecule has 1 nitrogen and oxygen atoms in total. The van der Waals surface area contributed by atoms with Gasteiger partial charge in [-0.1, -0.05) is 6.92 Å². The average molecular weight is 130 g/mol. The van der Waals surface area contributed by atoms with Gasteiger partial charge in [-0.05, 0) is 25.1 Å². The highest BCUT2D eigenvalue weighted by Crippen LogP contribution is 2.14. The number of hydrogen-bond donors (Lipinski definition) is 0. The number of hydrogen-bond acceptors (Lipinski definition) is 2. The molecule has 1 rings (SSSR count). The molecule has 0 amide bonds. The van der Waals surface area contributed by atoms with E-state index in [1.54, 1.807) is 0 Å². The van der Waals surface area contributed by atoms with Crippen LogP contribution in [0.1, 0.15) is 19.8 Å². The normalized spacial score (nSPS) is 29.6. The van der Waals surface area contributed by atoms with Gasteiger partial charge in [-0.3, -0.25) is 0 Å². The Balaban J connectivity index is 2.39. The predicted molar refractivity (Wildman–Crippen MR) is 36.9 cm³/mol. The van der Waals surface area contributed by atoms with Crippen molar-refractivity contribution in [1.82, 2.24) is 0 Å². The van der Waals surface area contributed by atoms with Crippen molar-refractivity contribution in [2.45, 2.75) is 19.8 Å². The Labute approximate surface area is 55.0 Å². The summed E-state index contributed by atoms with van der Waals surface area (Å²) in [4.78, 5) is 0. The van der Waals surface area contributed by atoms with Crippen molar-refractivity contribution in [3.8, 4) is 0 Å². The highest BCUT2D eigenvalue weighted by atomic mass is 32.1. The fraction of sp³-hybridized carbons (Fsp3) is 0.833. The molecular formula is C6H10OS. The van der Waals surface area contributed by atoms with Crippen molar-refractivity contribution in [2.75, 3.05) is 6.61 Å². The quantitative estimate of drug-likeness (QED) is 0.462. The van der Waals surface area contributed by atoms with E-state index in [1.165, 1.54) is 12.8 Å². The van der Waals surface area contributed by atoms with E-state index in [9.17, 15) is 0 Å². The summed E-state index contributed by atoms with van der Waals surface area (Å²) in [6.45, 7) is 2.95. The average Bonchev–Trinajstić information content (AvgIpc) is 1.77. The maximum Gasteiger partial charge on any atom is 0.162 e. The Morgan fingerprint density at radius 1 is 1.75 bits per heavy atom. The maximum absolute atomic E-state index is 5.12. The van der Waals surface area contributed by atoms with Crippen LogP contribution in [0.2, 0.25) is 0 Å². The summed E-state index contributed by atoms with van der Waals surface area (Å²) in [7, 11) is 0. The molecule has 8 heavy (non-hydrogen) atoms. The van der Waals surface area contributed by atoms with Crippen molar-refractivity contribution in [3.63, 3.8) is 0 Å². The lowest BCUT2D eigenvalue weighted by Crippen LogP contribution is -2.19. The summed E-state index contributed by atoms with van der Waals surface area (Å²) in [5, 5.41) is 0.802. The minimum atomic E-state index is 0.513. The Hall–Kier alpha value is -0.110. The van der Waals surface area contributed by atoms with Gasteiger partial charge in [0, 0.05) is 5.92 Å². The first-order valence-electron chi connectivity index (χ1n) is 2.97. The lowest BCUT2D eigenvalue weighted by molar-refractivity contribution is 0.244. The lowest BCUT2D eigenvalue weighted by Gasteiger charge is -2.19. The van der Waals surface area contributed by atoms with Gasteiger partial charge in [0.05, 0.1) is 6.61 Å². The third kappa shape index (κ3) is 1.19. The molecule has 1 atom stereocenters. The predicted octanol–water partition coefficient (Wildman–Crippen LogP) is 1.76. The molecular weight excluding hydrogens is 120 g/mol. The van der Waals surface area contributed by atoms with Crippen molar-refractivity contribution < 1.29 is 4.74 Å². The van der Waals surface area contributed by atoms with Gasteiger partial charge in [0.1, 0.15) is 0 Å². The van der Waals surface area contributed by atoms with E-state index in [4.69, 9.17) is 17.0 Å². The van der Waals surface area contributed by atoms with Crippen LogP contribution in [0.25, 0.3) is 0 Å². The second-order valence-electron chi connectivity index (χ2n) is 2.21. The molecule has 1 unspecified atom stereocenters. The SMILES string of the molecule is CC1CCCOC1=S. The topological polar surface area (TPSA) is 9.23 Å². The van der Waals surface area contributed by atoms with Crippen LogP contribution < -0.4 is 0 Å². The molecule has 0 bridgehead atoms. The zero-order chi connectivity index (χ0) is 5.98. The van der Waals surface area contributed by atoms with E-state index in [2.05, 4.69) is 6.92 Å². The highest BCUT2D eigenvalue weighted by molar-refractivity contribution is 7.80. The van der Waals surface area contributed by atoms with Gasteiger partial charge in [-0.25, -0.2) is 0 Å². The third-order valence-electron chi connectivity index (χ3n) is 1.43. The second-order valence-corrected chi connectivity index (χ2v) is 2.61. The van der Waals surface area contributed by atoms with E-state index in [-0.39, 0.29) is 0 Å². The molecule has 0 aromatic rings. The van der Waals surface area contributed by atoms with Gasteiger partial charge in [0.15, 0.2) is 5.05 Å². The second kappa shape index (κ2) is 2.44. The van der Waals surface area contributed by atoms with E-state index in [0.29, 0.717) is 5.92 Å². The summed E-state index contributed by atoms with van der Waals surface area (Å²) < 4.78 is 5.12. The fourth-order valence-electron chi connectivity index (χ4n) is 0.822. The summed E-state index contributed by atoms with van der Waals surface area (Å²) >= 11 is 4.91. The zero-order valence-electron chi connectivity index (χ0n) is 5.02. The molecule has 1 saturated heterocycles. The minimum Gasteiger partial charge on any atom is -0.487 e. The number of ether oxygens (including phenoxy) is 1. The van der Waals surface area contributed by atoms with E-state index < -0.39 is 0 Å². The smallest absolute Gasteiger partial charge is 0.162 e. The summed E-state index contributed by atoms with van der Waals surface area (Å²) in [5.74, 6) is 0.513. The highest BCUT2D eigenvalue weighted by Gasteiger charge is 2.13. The zero-order valence-corrected chi connectivity index (χ0v) is 5.83. The van der Waals surface area contributed by atoms with Gasteiger partial charge in [0.2, 0.25) is 0 Å². The first-order valence-corrected chi connectivity index (χ1v) is 3.38. The van der Waals surface area contributed by atoms with E-state index in [1.807, 2.05) is 0 Å². The fourth-order valence-corrected chi connectivity index (χ4v) is 1.02. The van der Waals surface area contributed by atoms with Crippen LogP contribution in [0.15, 0.2) is 0 Å². The van der Waals surface area contributed by atoms with Crippen LogP contribution in [-0.4, -0.2) is 11.7 Å². The molecule has 0 N–H and O–H groups in total. The van der Waals surface area contributed by atoms with Crippen molar-refractivity contribution in [1.29, 1.82) is 0 Å². The summed E-state index contributed by atoms with van der Waals surface area (Å²) in [6.07, 6.45) is 2.38. The molecule has 0 radical (unpaired) electrons. The maximum atomic E-state index is 5.12. The third-order valence-corrected chi connectivity index (χ3v) is 1.95.